The van der Waals surface area contributed by atoms with Gasteiger partial charge >= 0.3 is 0 Å². The molecular weight excluding hydrogens is 240 g/mol. The number of hydrogen-bond acceptors (Lipinski definition) is 4. The van der Waals surface area contributed by atoms with Gasteiger partial charge in [0.1, 0.15) is 6.04 Å². The van der Waals surface area contributed by atoms with Gasteiger partial charge in [-0.25, -0.2) is 0 Å². The quantitative estimate of drug-likeness (QED) is 0.847. The smallest absolute Gasteiger partial charge is 0.246 e. The summed E-state index contributed by atoms with van der Waals surface area (Å²) in [6.07, 6.45) is 0. The third kappa shape index (κ3) is 3.38. The summed E-state index contributed by atoms with van der Waals surface area (Å²) in [5.74, 6) is 0.129. The van der Waals surface area contributed by atoms with Crippen LogP contribution in [0.25, 0.3) is 0 Å². The lowest BCUT2D eigenvalue weighted by molar-refractivity contribution is -0.130. The summed E-state index contributed by atoms with van der Waals surface area (Å²) in [6, 6.07) is 7.76. The Morgan fingerprint density at radius 2 is 1.89 bits per heavy atom. The van der Waals surface area contributed by atoms with Crippen molar-refractivity contribution in [3.63, 3.8) is 0 Å². The number of nitrogens with zero attached hydrogens (tertiary/aromatic N) is 2. The minimum atomic E-state index is -0.193. The number of para-hydroxylation sites is 2. The maximum atomic E-state index is 12.3. The van der Waals surface area contributed by atoms with Gasteiger partial charge in [-0.05, 0) is 26.2 Å². The largest absolute Gasteiger partial charge is 0.381 e. The van der Waals surface area contributed by atoms with E-state index in [4.69, 9.17) is 0 Å². The minimum absolute atomic E-state index is 0.129. The molecule has 2 N–H and O–H groups in total. The predicted molar refractivity (Wildman–Crippen MR) is 78.5 cm³/mol. The Kier molecular flexibility index (Phi) is 4.27. The van der Waals surface area contributed by atoms with Crippen molar-refractivity contribution in [2.24, 2.45) is 0 Å². The number of likely N-dealkylation sites (N-methyl/N-ethyl adjacent to an activating group) is 2. The number of fused-ring (bicyclic) bond motifs is 1. The zero-order valence-electron chi connectivity index (χ0n) is 11.8. The topological polar surface area (TPSA) is 47.6 Å². The summed E-state index contributed by atoms with van der Waals surface area (Å²) in [5, 5.41) is 6.59. The van der Waals surface area contributed by atoms with Crippen LogP contribution in [0.3, 0.4) is 0 Å². The number of carbonyl (C=O) groups is 1. The van der Waals surface area contributed by atoms with E-state index >= 15 is 0 Å². The molecule has 2 rings (SSSR count). The lowest BCUT2D eigenvalue weighted by Gasteiger charge is -2.31. The van der Waals surface area contributed by atoms with Crippen molar-refractivity contribution < 1.29 is 4.79 Å². The van der Waals surface area contributed by atoms with Crippen molar-refractivity contribution in [3.05, 3.63) is 24.3 Å². The van der Waals surface area contributed by atoms with E-state index in [-0.39, 0.29) is 11.9 Å². The first kappa shape index (κ1) is 13.7. The molecule has 5 nitrogen and oxygen atoms in total. The third-order valence-electron chi connectivity index (χ3n) is 3.31. The molecule has 19 heavy (non-hydrogen) atoms. The highest BCUT2D eigenvalue weighted by Crippen LogP contribution is 2.25. The van der Waals surface area contributed by atoms with E-state index in [1.807, 2.05) is 45.4 Å². The molecular formula is C14H22N4O. The maximum absolute atomic E-state index is 12.3. The highest BCUT2D eigenvalue weighted by molar-refractivity contribution is 5.88. The van der Waals surface area contributed by atoms with E-state index in [9.17, 15) is 4.79 Å². The van der Waals surface area contributed by atoms with E-state index < -0.39 is 0 Å². The summed E-state index contributed by atoms with van der Waals surface area (Å²) >= 11 is 0. The zero-order valence-corrected chi connectivity index (χ0v) is 11.8. The summed E-state index contributed by atoms with van der Waals surface area (Å²) in [6.45, 7) is 2.24. The highest BCUT2D eigenvalue weighted by atomic mass is 16.2. The molecule has 0 saturated heterocycles. The fraction of sp³-hybridized carbons (Fsp3) is 0.500. The van der Waals surface area contributed by atoms with Gasteiger partial charge in [-0.3, -0.25) is 4.79 Å². The molecule has 1 aromatic carbocycles. The molecule has 1 amide bonds. The fourth-order valence-corrected chi connectivity index (χ4v) is 2.09. The van der Waals surface area contributed by atoms with Crippen LogP contribution >= 0.6 is 0 Å². The normalized spacial score (nSPS) is 17.4. The van der Waals surface area contributed by atoms with Gasteiger partial charge in [0.25, 0.3) is 0 Å². The molecule has 0 radical (unpaired) electrons. The predicted octanol–water partition coefficient (Wildman–Crippen LogP) is 0.913. The maximum Gasteiger partial charge on any atom is 0.246 e. The van der Waals surface area contributed by atoms with Gasteiger partial charge in [0.05, 0.1) is 11.4 Å². The highest BCUT2D eigenvalue weighted by Gasteiger charge is 2.25. The Morgan fingerprint density at radius 1 is 1.21 bits per heavy atom. The Morgan fingerprint density at radius 3 is 2.58 bits per heavy atom. The third-order valence-corrected chi connectivity index (χ3v) is 3.31. The standard InChI is InChI=1S/C14H22N4O/c1-17(2)8-9-18(3)14(19)13-10-15-11-6-4-5-7-12(11)16-13/h4-7,13,15-16H,8-10H2,1-3H3. The van der Waals surface area contributed by atoms with Gasteiger partial charge in [0.2, 0.25) is 5.91 Å². The van der Waals surface area contributed by atoms with Crippen LogP contribution in [0.15, 0.2) is 24.3 Å². The van der Waals surface area contributed by atoms with Crippen LogP contribution in [0, 0.1) is 0 Å². The van der Waals surface area contributed by atoms with Crippen molar-refractivity contribution in [2.75, 3.05) is 51.4 Å². The second-order valence-electron chi connectivity index (χ2n) is 5.19. The molecule has 0 bridgehead atoms. The average Bonchev–Trinajstić information content (AvgIpc) is 2.43. The van der Waals surface area contributed by atoms with Crippen molar-refractivity contribution in [3.8, 4) is 0 Å². The molecule has 0 spiro atoms. The molecule has 0 aromatic heterocycles. The molecule has 0 saturated carbocycles. The van der Waals surface area contributed by atoms with Crippen LogP contribution in [0.1, 0.15) is 0 Å². The lowest BCUT2D eigenvalue weighted by atomic mass is 10.1. The molecule has 1 aliphatic heterocycles. The molecule has 5 heteroatoms. The molecule has 1 atom stereocenters. The molecule has 104 valence electrons. The van der Waals surface area contributed by atoms with Crippen molar-refractivity contribution in [1.29, 1.82) is 0 Å². The fourth-order valence-electron chi connectivity index (χ4n) is 2.09. The van der Waals surface area contributed by atoms with Crippen LogP contribution in [-0.4, -0.2) is 62.5 Å². The summed E-state index contributed by atoms with van der Waals surface area (Å²) in [7, 11) is 5.87. The van der Waals surface area contributed by atoms with Gasteiger partial charge in [-0.1, -0.05) is 12.1 Å². The summed E-state index contributed by atoms with van der Waals surface area (Å²) < 4.78 is 0. The van der Waals surface area contributed by atoms with Crippen molar-refractivity contribution >= 4 is 17.3 Å². The van der Waals surface area contributed by atoms with E-state index in [1.165, 1.54) is 0 Å². The van der Waals surface area contributed by atoms with Gasteiger partial charge in [-0.15, -0.1) is 0 Å². The molecule has 0 fully saturated rings. The summed E-state index contributed by atoms with van der Waals surface area (Å²) in [5.41, 5.74) is 2.05. The van der Waals surface area contributed by atoms with Crippen LogP contribution < -0.4 is 10.6 Å². The van der Waals surface area contributed by atoms with Gasteiger partial charge in [-0.2, -0.15) is 0 Å². The Balaban J connectivity index is 1.95. The molecule has 1 aliphatic rings. The monoisotopic (exact) mass is 262 g/mol. The van der Waals surface area contributed by atoms with E-state index in [2.05, 4.69) is 15.5 Å². The Bertz CT molecular complexity index is 447. The second-order valence-corrected chi connectivity index (χ2v) is 5.19. The number of rotatable bonds is 4. The van der Waals surface area contributed by atoms with Gasteiger partial charge < -0.3 is 20.4 Å². The number of amides is 1. The Hall–Kier alpha value is -1.75. The van der Waals surface area contributed by atoms with E-state index in [0.717, 1.165) is 24.5 Å². The lowest BCUT2D eigenvalue weighted by Crippen LogP contribution is -2.48. The first-order valence-electron chi connectivity index (χ1n) is 6.57. The molecule has 1 heterocycles. The minimum Gasteiger partial charge on any atom is -0.381 e. The second kappa shape index (κ2) is 5.93. The van der Waals surface area contributed by atoms with Crippen molar-refractivity contribution in [2.45, 2.75) is 6.04 Å². The van der Waals surface area contributed by atoms with Crippen LogP contribution in [-0.2, 0) is 4.79 Å². The van der Waals surface area contributed by atoms with Crippen LogP contribution in [0.2, 0.25) is 0 Å². The number of anilines is 2. The van der Waals surface area contributed by atoms with Gasteiger partial charge in [0.15, 0.2) is 0 Å². The summed E-state index contributed by atoms with van der Waals surface area (Å²) in [4.78, 5) is 16.2. The molecule has 1 unspecified atom stereocenters. The van der Waals surface area contributed by atoms with Crippen LogP contribution in [0.5, 0.6) is 0 Å². The SMILES string of the molecule is CN(C)CCN(C)C(=O)C1CNc2ccccc2N1. The number of hydrogen-bond donors (Lipinski definition) is 2. The molecule has 1 aromatic rings. The van der Waals surface area contributed by atoms with E-state index in [1.54, 1.807) is 4.90 Å². The average molecular weight is 262 g/mol. The van der Waals surface area contributed by atoms with E-state index in [0.29, 0.717) is 6.54 Å². The first-order chi connectivity index (χ1) is 9.08. The number of benzene rings is 1. The van der Waals surface area contributed by atoms with Crippen molar-refractivity contribution in [1.82, 2.24) is 9.80 Å². The zero-order chi connectivity index (χ0) is 13.8. The Labute approximate surface area is 114 Å². The van der Waals surface area contributed by atoms with Gasteiger partial charge in [0, 0.05) is 26.7 Å². The number of nitrogens with one attached hydrogen (secondary N) is 2. The first-order valence-corrected chi connectivity index (χ1v) is 6.57. The number of carbonyl (C=O) groups excluding carboxylic acids is 1. The van der Waals surface area contributed by atoms with Crippen LogP contribution in [0.4, 0.5) is 11.4 Å². The molecule has 0 aliphatic carbocycles.